The summed E-state index contributed by atoms with van der Waals surface area (Å²) < 4.78 is 5.98. The Morgan fingerprint density at radius 3 is 2.82 bits per heavy atom. The molecule has 0 amide bonds. The molecule has 0 spiro atoms. The summed E-state index contributed by atoms with van der Waals surface area (Å²) >= 11 is 0. The molecule has 1 heterocycles. The van der Waals surface area contributed by atoms with Gasteiger partial charge in [-0.2, -0.15) is 0 Å². The number of aliphatic hydroxyl groups excluding tert-OH is 1. The lowest BCUT2D eigenvalue weighted by Gasteiger charge is -2.37. The van der Waals surface area contributed by atoms with Gasteiger partial charge in [0.15, 0.2) is 0 Å². The van der Waals surface area contributed by atoms with Gasteiger partial charge >= 0.3 is 0 Å². The van der Waals surface area contributed by atoms with Crippen LogP contribution in [0.4, 0.5) is 0 Å². The van der Waals surface area contributed by atoms with Crippen molar-refractivity contribution in [1.29, 1.82) is 0 Å². The third kappa shape index (κ3) is 1.40. The minimum atomic E-state index is -0.302. The number of aryl methyl sites for hydroxylation is 1. The Balaban J connectivity index is 2.06. The molecule has 2 nitrogen and oxygen atoms in total. The molecule has 0 unspecified atom stereocenters. The van der Waals surface area contributed by atoms with Crippen molar-refractivity contribution in [3.05, 3.63) is 35.4 Å². The number of hydrogen-bond donors (Lipinski definition) is 1. The van der Waals surface area contributed by atoms with E-state index in [4.69, 9.17) is 4.74 Å². The summed E-state index contributed by atoms with van der Waals surface area (Å²) in [5.41, 5.74) is 2.33. The van der Waals surface area contributed by atoms with Gasteiger partial charge in [0, 0.05) is 5.41 Å². The molecule has 1 saturated heterocycles. The van der Waals surface area contributed by atoms with E-state index in [2.05, 4.69) is 45.0 Å². The Bertz CT molecular complexity index is 452. The SMILES string of the molecule is Cc1cccc([C@@]23O[C@@H]2[C@H](O)CCC3(C)C)c1. The molecule has 1 saturated carbocycles. The van der Waals surface area contributed by atoms with Gasteiger partial charge in [-0.15, -0.1) is 0 Å². The van der Waals surface area contributed by atoms with Gasteiger partial charge < -0.3 is 9.84 Å². The van der Waals surface area contributed by atoms with Crippen molar-refractivity contribution in [1.82, 2.24) is 0 Å². The van der Waals surface area contributed by atoms with Gasteiger partial charge in [-0.05, 0) is 25.3 Å². The first-order valence-corrected chi connectivity index (χ1v) is 6.40. The van der Waals surface area contributed by atoms with Gasteiger partial charge in [-0.3, -0.25) is 0 Å². The van der Waals surface area contributed by atoms with Crippen LogP contribution in [0, 0.1) is 12.3 Å². The fourth-order valence-electron chi connectivity index (χ4n) is 3.41. The Morgan fingerprint density at radius 1 is 1.35 bits per heavy atom. The van der Waals surface area contributed by atoms with Crippen LogP contribution in [0.5, 0.6) is 0 Å². The summed E-state index contributed by atoms with van der Waals surface area (Å²) in [7, 11) is 0. The molecule has 3 rings (SSSR count). The molecule has 0 aromatic heterocycles. The van der Waals surface area contributed by atoms with Gasteiger partial charge in [-0.25, -0.2) is 0 Å². The highest BCUT2D eigenvalue weighted by Crippen LogP contribution is 2.64. The van der Waals surface area contributed by atoms with Crippen LogP contribution >= 0.6 is 0 Å². The van der Waals surface area contributed by atoms with Crippen molar-refractivity contribution in [2.24, 2.45) is 5.41 Å². The topological polar surface area (TPSA) is 32.8 Å². The summed E-state index contributed by atoms with van der Waals surface area (Å²) in [6.07, 6.45) is 1.56. The number of hydrogen-bond acceptors (Lipinski definition) is 2. The molecule has 0 radical (unpaired) electrons. The van der Waals surface area contributed by atoms with Crippen molar-refractivity contribution in [2.75, 3.05) is 0 Å². The molecule has 2 heteroatoms. The number of epoxide rings is 1. The van der Waals surface area contributed by atoms with E-state index in [1.54, 1.807) is 0 Å². The van der Waals surface area contributed by atoms with Crippen LogP contribution in [0.3, 0.4) is 0 Å². The van der Waals surface area contributed by atoms with E-state index in [1.165, 1.54) is 11.1 Å². The van der Waals surface area contributed by atoms with Gasteiger partial charge in [0.05, 0.1) is 6.10 Å². The predicted molar refractivity (Wildman–Crippen MR) is 66.8 cm³/mol. The van der Waals surface area contributed by atoms with Gasteiger partial charge in [-0.1, -0.05) is 43.7 Å². The first kappa shape index (κ1) is 11.2. The van der Waals surface area contributed by atoms with E-state index in [0.717, 1.165) is 12.8 Å². The summed E-state index contributed by atoms with van der Waals surface area (Å²) in [6.45, 7) is 6.60. The Labute approximate surface area is 103 Å². The lowest BCUT2D eigenvalue weighted by Crippen LogP contribution is -2.41. The molecule has 1 aromatic rings. The van der Waals surface area contributed by atoms with Crippen LogP contribution in [0.1, 0.15) is 37.8 Å². The average Bonchev–Trinajstić information content (AvgIpc) is 3.02. The van der Waals surface area contributed by atoms with Crippen LogP contribution in [-0.4, -0.2) is 17.3 Å². The smallest absolute Gasteiger partial charge is 0.127 e. The Hall–Kier alpha value is -0.860. The minimum absolute atomic E-state index is 0.00644. The van der Waals surface area contributed by atoms with Crippen molar-refractivity contribution in [2.45, 2.75) is 51.4 Å². The molecule has 17 heavy (non-hydrogen) atoms. The standard InChI is InChI=1S/C15H20O2/c1-10-5-4-6-11(9-10)15-13(17-15)12(16)7-8-14(15,2)3/h4-6,9,12-13,16H,7-8H2,1-3H3/t12-,13-,15-/m1/s1. The Morgan fingerprint density at radius 2 is 2.12 bits per heavy atom. The quantitative estimate of drug-likeness (QED) is 0.755. The third-order valence-corrected chi connectivity index (χ3v) is 4.52. The second kappa shape index (κ2) is 3.33. The van der Waals surface area contributed by atoms with Crippen LogP contribution in [0.15, 0.2) is 24.3 Å². The highest BCUT2D eigenvalue weighted by Gasteiger charge is 2.70. The van der Waals surface area contributed by atoms with E-state index < -0.39 is 0 Å². The maximum absolute atomic E-state index is 10.0. The zero-order valence-electron chi connectivity index (χ0n) is 10.7. The van der Waals surface area contributed by atoms with Crippen LogP contribution < -0.4 is 0 Å². The van der Waals surface area contributed by atoms with Crippen LogP contribution in [-0.2, 0) is 10.3 Å². The third-order valence-electron chi connectivity index (χ3n) is 4.52. The lowest BCUT2D eigenvalue weighted by molar-refractivity contribution is 0.0749. The molecule has 2 aliphatic rings. The highest BCUT2D eigenvalue weighted by atomic mass is 16.6. The highest BCUT2D eigenvalue weighted by molar-refractivity contribution is 5.37. The van der Waals surface area contributed by atoms with Crippen molar-refractivity contribution in [3.8, 4) is 0 Å². The second-order valence-electron chi connectivity index (χ2n) is 6.13. The molecular formula is C15H20O2. The number of fused-ring (bicyclic) bond motifs is 1. The van der Waals surface area contributed by atoms with Gasteiger partial charge in [0.2, 0.25) is 0 Å². The summed E-state index contributed by atoms with van der Waals surface area (Å²) in [4.78, 5) is 0. The van der Waals surface area contributed by atoms with Crippen LogP contribution in [0.2, 0.25) is 0 Å². The van der Waals surface area contributed by atoms with Gasteiger partial charge in [0.25, 0.3) is 0 Å². The molecular weight excluding hydrogens is 212 g/mol. The zero-order valence-corrected chi connectivity index (χ0v) is 10.7. The summed E-state index contributed by atoms with van der Waals surface area (Å²) in [6, 6.07) is 8.51. The fraction of sp³-hybridized carbons (Fsp3) is 0.600. The second-order valence-corrected chi connectivity index (χ2v) is 6.13. The van der Waals surface area contributed by atoms with E-state index in [1.807, 2.05) is 0 Å². The molecule has 0 bridgehead atoms. The first-order chi connectivity index (χ1) is 7.97. The van der Waals surface area contributed by atoms with E-state index in [9.17, 15) is 5.11 Å². The molecule has 1 N–H and O–H groups in total. The van der Waals surface area contributed by atoms with Crippen LogP contribution in [0.25, 0.3) is 0 Å². The van der Waals surface area contributed by atoms with E-state index in [-0.39, 0.29) is 23.2 Å². The van der Waals surface area contributed by atoms with E-state index >= 15 is 0 Å². The number of benzene rings is 1. The number of aliphatic hydroxyl groups is 1. The average molecular weight is 232 g/mol. The van der Waals surface area contributed by atoms with Crippen molar-refractivity contribution < 1.29 is 9.84 Å². The van der Waals surface area contributed by atoms with Gasteiger partial charge in [0.1, 0.15) is 11.7 Å². The number of rotatable bonds is 1. The molecule has 1 aliphatic heterocycles. The summed E-state index contributed by atoms with van der Waals surface area (Å²) in [5.74, 6) is 0. The summed E-state index contributed by atoms with van der Waals surface area (Å²) in [5, 5.41) is 10.0. The predicted octanol–water partition coefficient (Wildman–Crippen LogP) is 2.77. The monoisotopic (exact) mass is 232 g/mol. The molecule has 3 atom stereocenters. The molecule has 2 fully saturated rings. The van der Waals surface area contributed by atoms with Crippen molar-refractivity contribution in [3.63, 3.8) is 0 Å². The Kier molecular flexibility index (Phi) is 2.20. The number of ether oxygens (including phenoxy) is 1. The molecule has 92 valence electrons. The van der Waals surface area contributed by atoms with E-state index in [0.29, 0.717) is 0 Å². The zero-order chi connectivity index (χ0) is 12.3. The maximum Gasteiger partial charge on any atom is 0.127 e. The normalized spacial score (nSPS) is 38.6. The fourth-order valence-corrected chi connectivity index (χ4v) is 3.41. The molecule has 1 aromatic carbocycles. The first-order valence-electron chi connectivity index (χ1n) is 6.40. The maximum atomic E-state index is 10.0. The lowest BCUT2D eigenvalue weighted by atomic mass is 9.65. The van der Waals surface area contributed by atoms with Crippen molar-refractivity contribution >= 4 is 0 Å². The minimum Gasteiger partial charge on any atom is -0.390 e. The largest absolute Gasteiger partial charge is 0.390 e. The molecule has 1 aliphatic carbocycles.